The fraction of sp³-hybridized carbons (Fsp3) is 0.250. The number of carbonyl (C=O) groups excluding carboxylic acids is 1. The molecule has 0 saturated carbocycles. The summed E-state index contributed by atoms with van der Waals surface area (Å²) in [5.41, 5.74) is 0.909. The normalized spacial score (nSPS) is 14.1. The molecular weight excluding hydrogens is 272 g/mol. The highest BCUT2D eigenvalue weighted by atomic mass is 79.9. The number of ether oxygens (including phenoxy) is 2. The molecule has 0 amide bonds. The quantitative estimate of drug-likeness (QED) is 0.783. The molecular formula is C12H11BrO3. The maximum Gasteiger partial charge on any atom is 0.175 e. The summed E-state index contributed by atoms with van der Waals surface area (Å²) in [7, 11) is 0. The van der Waals surface area contributed by atoms with Crippen LogP contribution in [-0.2, 0) is 4.79 Å². The van der Waals surface area contributed by atoms with Gasteiger partial charge in [-0.2, -0.15) is 0 Å². The highest BCUT2D eigenvalue weighted by Gasteiger charge is 2.15. The molecule has 0 saturated heterocycles. The first kappa shape index (κ1) is 11.2. The van der Waals surface area contributed by atoms with Crippen molar-refractivity contribution in [2.75, 3.05) is 13.2 Å². The van der Waals surface area contributed by atoms with Crippen molar-refractivity contribution in [3.8, 4) is 11.5 Å². The fourth-order valence-corrected chi connectivity index (χ4v) is 2.01. The van der Waals surface area contributed by atoms with Crippen LogP contribution in [0.5, 0.6) is 11.5 Å². The lowest BCUT2D eigenvalue weighted by molar-refractivity contribution is -0.112. The molecule has 3 nitrogen and oxygen atoms in total. The molecule has 1 heterocycles. The molecule has 0 N–H and O–H groups in total. The van der Waals surface area contributed by atoms with Crippen LogP contribution in [0.25, 0.3) is 6.08 Å². The van der Waals surface area contributed by atoms with Crippen LogP contribution in [0, 0.1) is 0 Å². The first-order chi connectivity index (χ1) is 7.66. The number of hydrogen-bond acceptors (Lipinski definition) is 3. The average Bonchev–Trinajstić information content (AvgIpc) is 2.26. The number of hydrogen-bond donors (Lipinski definition) is 0. The Morgan fingerprint density at radius 3 is 2.88 bits per heavy atom. The van der Waals surface area contributed by atoms with Crippen LogP contribution in [0.2, 0.25) is 0 Å². The van der Waals surface area contributed by atoms with E-state index in [1.165, 1.54) is 13.0 Å². The van der Waals surface area contributed by atoms with Crippen molar-refractivity contribution >= 4 is 27.8 Å². The molecule has 1 aliphatic rings. The summed E-state index contributed by atoms with van der Waals surface area (Å²) < 4.78 is 11.8. The molecule has 0 fully saturated rings. The van der Waals surface area contributed by atoms with Gasteiger partial charge in [-0.3, -0.25) is 4.79 Å². The lowest BCUT2D eigenvalue weighted by atomic mass is 10.1. The molecule has 0 aromatic heterocycles. The summed E-state index contributed by atoms with van der Waals surface area (Å²) in [4.78, 5) is 10.8. The number of ketones is 1. The van der Waals surface area contributed by atoms with Gasteiger partial charge in [0.1, 0.15) is 13.2 Å². The maximum absolute atomic E-state index is 10.8. The van der Waals surface area contributed by atoms with E-state index >= 15 is 0 Å². The van der Waals surface area contributed by atoms with E-state index in [0.29, 0.717) is 19.0 Å². The molecule has 84 valence electrons. The molecule has 0 bridgehead atoms. The SMILES string of the molecule is CC(=O)/C=C/c1cc(Br)c2c(c1)OCCO2. The molecule has 0 radical (unpaired) electrons. The Labute approximate surface area is 102 Å². The zero-order valence-electron chi connectivity index (χ0n) is 8.83. The molecule has 1 aromatic carbocycles. The van der Waals surface area contributed by atoms with Crippen molar-refractivity contribution in [2.24, 2.45) is 0 Å². The number of halogens is 1. The second-order valence-corrected chi connectivity index (χ2v) is 4.33. The van der Waals surface area contributed by atoms with Crippen LogP contribution < -0.4 is 9.47 Å². The van der Waals surface area contributed by atoms with Gasteiger partial charge >= 0.3 is 0 Å². The third-order valence-corrected chi connectivity index (χ3v) is 2.72. The molecule has 1 aliphatic heterocycles. The summed E-state index contributed by atoms with van der Waals surface area (Å²) in [5.74, 6) is 1.46. The number of allylic oxidation sites excluding steroid dienone is 1. The number of rotatable bonds is 2. The van der Waals surface area contributed by atoms with Gasteiger partial charge in [-0.25, -0.2) is 0 Å². The van der Waals surface area contributed by atoms with E-state index in [2.05, 4.69) is 15.9 Å². The molecule has 0 aliphatic carbocycles. The zero-order chi connectivity index (χ0) is 11.5. The Hall–Kier alpha value is -1.29. The number of fused-ring (bicyclic) bond motifs is 1. The van der Waals surface area contributed by atoms with E-state index in [-0.39, 0.29) is 5.78 Å². The van der Waals surface area contributed by atoms with Crippen LogP contribution in [-0.4, -0.2) is 19.0 Å². The Kier molecular flexibility index (Phi) is 3.29. The molecule has 16 heavy (non-hydrogen) atoms. The van der Waals surface area contributed by atoms with Gasteiger partial charge < -0.3 is 9.47 Å². The summed E-state index contributed by atoms with van der Waals surface area (Å²) in [5, 5.41) is 0. The summed E-state index contributed by atoms with van der Waals surface area (Å²) in [6, 6.07) is 3.76. The van der Waals surface area contributed by atoms with E-state index in [0.717, 1.165) is 15.8 Å². The smallest absolute Gasteiger partial charge is 0.175 e. The van der Waals surface area contributed by atoms with Crippen molar-refractivity contribution in [1.29, 1.82) is 0 Å². The molecule has 4 heteroatoms. The third-order valence-electron chi connectivity index (χ3n) is 2.13. The van der Waals surface area contributed by atoms with Crippen LogP contribution >= 0.6 is 15.9 Å². The van der Waals surface area contributed by atoms with E-state index in [1.54, 1.807) is 6.08 Å². The summed E-state index contributed by atoms with van der Waals surface area (Å²) in [6.07, 6.45) is 3.28. The van der Waals surface area contributed by atoms with Gasteiger partial charge in [0.05, 0.1) is 4.47 Å². The summed E-state index contributed by atoms with van der Waals surface area (Å²) in [6.45, 7) is 2.64. The van der Waals surface area contributed by atoms with Crippen LogP contribution in [0.1, 0.15) is 12.5 Å². The predicted octanol–water partition coefficient (Wildman–Crippen LogP) is 2.82. The summed E-state index contributed by atoms with van der Waals surface area (Å²) >= 11 is 3.42. The van der Waals surface area contributed by atoms with Crippen LogP contribution in [0.3, 0.4) is 0 Å². The van der Waals surface area contributed by atoms with Crippen molar-refractivity contribution in [2.45, 2.75) is 6.92 Å². The van der Waals surface area contributed by atoms with Gasteiger partial charge in [-0.05, 0) is 46.6 Å². The van der Waals surface area contributed by atoms with E-state index in [9.17, 15) is 4.79 Å². The van der Waals surface area contributed by atoms with Gasteiger partial charge in [0.15, 0.2) is 17.3 Å². The zero-order valence-corrected chi connectivity index (χ0v) is 10.4. The second kappa shape index (κ2) is 4.70. The lowest BCUT2D eigenvalue weighted by Crippen LogP contribution is -2.15. The molecule has 0 atom stereocenters. The van der Waals surface area contributed by atoms with Gasteiger partial charge in [0.2, 0.25) is 0 Å². The highest BCUT2D eigenvalue weighted by Crippen LogP contribution is 2.38. The molecule has 0 spiro atoms. The number of carbonyl (C=O) groups is 1. The maximum atomic E-state index is 10.8. The molecule has 0 unspecified atom stereocenters. The lowest BCUT2D eigenvalue weighted by Gasteiger charge is -2.19. The fourth-order valence-electron chi connectivity index (χ4n) is 1.44. The van der Waals surface area contributed by atoms with E-state index in [1.807, 2.05) is 12.1 Å². The Bertz CT molecular complexity index is 452. The van der Waals surface area contributed by atoms with Gasteiger partial charge in [0.25, 0.3) is 0 Å². The minimum atomic E-state index is 0.0195. The van der Waals surface area contributed by atoms with Crippen LogP contribution in [0.4, 0.5) is 0 Å². The third kappa shape index (κ3) is 2.44. The molecule has 2 rings (SSSR count). The van der Waals surface area contributed by atoms with Crippen molar-refractivity contribution in [3.05, 3.63) is 28.2 Å². The minimum absolute atomic E-state index is 0.0195. The Balaban J connectivity index is 2.35. The first-order valence-electron chi connectivity index (χ1n) is 4.94. The Morgan fingerprint density at radius 1 is 1.38 bits per heavy atom. The van der Waals surface area contributed by atoms with Gasteiger partial charge in [-0.15, -0.1) is 0 Å². The van der Waals surface area contributed by atoms with Gasteiger partial charge in [-0.1, -0.05) is 6.08 Å². The Morgan fingerprint density at radius 2 is 2.12 bits per heavy atom. The van der Waals surface area contributed by atoms with Crippen molar-refractivity contribution in [1.82, 2.24) is 0 Å². The second-order valence-electron chi connectivity index (χ2n) is 3.47. The van der Waals surface area contributed by atoms with Crippen LogP contribution in [0.15, 0.2) is 22.7 Å². The predicted molar refractivity (Wildman–Crippen MR) is 64.8 cm³/mol. The first-order valence-corrected chi connectivity index (χ1v) is 5.74. The van der Waals surface area contributed by atoms with E-state index in [4.69, 9.17) is 9.47 Å². The van der Waals surface area contributed by atoms with Gasteiger partial charge in [0, 0.05) is 0 Å². The minimum Gasteiger partial charge on any atom is -0.486 e. The van der Waals surface area contributed by atoms with Crippen molar-refractivity contribution in [3.63, 3.8) is 0 Å². The average molecular weight is 283 g/mol. The monoisotopic (exact) mass is 282 g/mol. The standard InChI is InChI=1S/C12H11BrO3/c1-8(14)2-3-9-6-10(13)12-11(7-9)15-4-5-16-12/h2-3,6-7H,4-5H2,1H3/b3-2+. The highest BCUT2D eigenvalue weighted by molar-refractivity contribution is 9.10. The molecule has 1 aromatic rings. The topological polar surface area (TPSA) is 35.5 Å². The largest absolute Gasteiger partial charge is 0.486 e. The van der Waals surface area contributed by atoms with Crippen molar-refractivity contribution < 1.29 is 14.3 Å². The number of benzene rings is 1. The van der Waals surface area contributed by atoms with E-state index < -0.39 is 0 Å².